The molecule has 0 saturated carbocycles. The van der Waals surface area contributed by atoms with E-state index in [1.165, 1.54) is 4.90 Å². The van der Waals surface area contributed by atoms with Gasteiger partial charge < -0.3 is 14.7 Å². The van der Waals surface area contributed by atoms with Gasteiger partial charge in [0.05, 0.1) is 12.6 Å². The molecule has 0 aromatic rings. The number of amides is 1. The Labute approximate surface area is 59.4 Å². The molecule has 1 aliphatic heterocycles. The molecule has 0 aromatic heterocycles. The van der Waals surface area contributed by atoms with Crippen LogP contribution in [0.15, 0.2) is 0 Å². The highest BCUT2D eigenvalue weighted by molar-refractivity contribution is 5.69. The van der Waals surface area contributed by atoms with Gasteiger partial charge in [0.15, 0.2) is 0 Å². The lowest BCUT2D eigenvalue weighted by Crippen LogP contribution is -2.31. The fraction of sp³-hybridized carbons (Fsp3) is 0.833. The molecule has 1 N–H and O–H groups in total. The maximum atomic E-state index is 10.7. The zero-order chi connectivity index (χ0) is 7.56. The van der Waals surface area contributed by atoms with Gasteiger partial charge in [-0.3, -0.25) is 0 Å². The minimum absolute atomic E-state index is 0.319. The number of β-amino-alcohol motifs (C(OH)–C–C–N with tert-alkyl or cyclic N) is 1. The van der Waals surface area contributed by atoms with Crippen molar-refractivity contribution < 1.29 is 14.6 Å². The molecule has 10 heavy (non-hydrogen) atoms. The number of hydrogen-bond acceptors (Lipinski definition) is 3. The Morgan fingerprint density at radius 3 is 3.00 bits per heavy atom. The Hall–Kier alpha value is -0.770. The van der Waals surface area contributed by atoms with Crippen LogP contribution in [0.1, 0.15) is 6.92 Å². The van der Waals surface area contributed by atoms with E-state index in [0.717, 1.165) is 0 Å². The molecule has 1 atom stereocenters. The average molecular weight is 145 g/mol. The topological polar surface area (TPSA) is 49.8 Å². The summed E-state index contributed by atoms with van der Waals surface area (Å²) in [6.45, 7) is 3.07. The molecule has 0 aliphatic carbocycles. The molecule has 1 saturated heterocycles. The molecule has 0 spiro atoms. The number of carbonyl (C=O) groups excluding carboxylic acids is 1. The first kappa shape index (κ1) is 7.34. The Kier molecular flexibility index (Phi) is 2.11. The van der Waals surface area contributed by atoms with Gasteiger partial charge in [-0.1, -0.05) is 0 Å². The number of aliphatic hydroxyl groups excluding tert-OH is 1. The molecule has 1 heterocycles. The maximum Gasteiger partial charge on any atom is 0.410 e. The third kappa shape index (κ3) is 1.60. The number of hydrogen-bond donors (Lipinski definition) is 1. The number of cyclic esters (lactones) is 1. The highest BCUT2D eigenvalue weighted by Gasteiger charge is 2.22. The Balaban J connectivity index is 2.33. The van der Waals surface area contributed by atoms with Crippen molar-refractivity contribution in [3.63, 3.8) is 0 Å². The van der Waals surface area contributed by atoms with Gasteiger partial charge in [0, 0.05) is 6.54 Å². The lowest BCUT2D eigenvalue weighted by Gasteiger charge is -2.13. The SMILES string of the molecule is C[C@H](O)CN1CCOC1=O. The number of rotatable bonds is 2. The predicted molar refractivity (Wildman–Crippen MR) is 34.6 cm³/mol. The van der Waals surface area contributed by atoms with E-state index < -0.39 is 6.10 Å². The number of carbonyl (C=O) groups is 1. The highest BCUT2D eigenvalue weighted by atomic mass is 16.6. The molecule has 4 heteroatoms. The van der Waals surface area contributed by atoms with Gasteiger partial charge in [-0.15, -0.1) is 0 Å². The van der Waals surface area contributed by atoms with Gasteiger partial charge in [0.1, 0.15) is 6.61 Å². The van der Waals surface area contributed by atoms with Crippen molar-refractivity contribution in [2.24, 2.45) is 0 Å². The van der Waals surface area contributed by atoms with Crippen molar-refractivity contribution >= 4 is 6.09 Å². The van der Waals surface area contributed by atoms with E-state index in [1.807, 2.05) is 0 Å². The van der Waals surface area contributed by atoms with E-state index in [2.05, 4.69) is 4.74 Å². The smallest absolute Gasteiger partial charge is 0.410 e. The largest absolute Gasteiger partial charge is 0.448 e. The predicted octanol–water partition coefficient (Wildman–Crippen LogP) is -0.181. The Morgan fingerprint density at radius 2 is 2.60 bits per heavy atom. The third-order valence-electron chi connectivity index (χ3n) is 1.33. The molecule has 0 bridgehead atoms. The summed E-state index contributed by atoms with van der Waals surface area (Å²) < 4.78 is 4.64. The first-order valence-electron chi connectivity index (χ1n) is 3.30. The second-order valence-corrected chi connectivity index (χ2v) is 2.41. The minimum atomic E-state index is -0.467. The maximum absolute atomic E-state index is 10.7. The van der Waals surface area contributed by atoms with E-state index in [0.29, 0.717) is 19.7 Å². The van der Waals surface area contributed by atoms with Crippen LogP contribution >= 0.6 is 0 Å². The van der Waals surface area contributed by atoms with Crippen LogP contribution in [0.2, 0.25) is 0 Å². The van der Waals surface area contributed by atoms with Gasteiger partial charge in [-0.2, -0.15) is 0 Å². The molecule has 4 nitrogen and oxygen atoms in total. The normalized spacial score (nSPS) is 21.0. The van der Waals surface area contributed by atoms with Crippen molar-refractivity contribution in [3.05, 3.63) is 0 Å². The summed E-state index contributed by atoms with van der Waals surface area (Å²) in [5, 5.41) is 8.88. The van der Waals surface area contributed by atoms with Crippen LogP contribution in [0.25, 0.3) is 0 Å². The van der Waals surface area contributed by atoms with Crippen LogP contribution in [0.5, 0.6) is 0 Å². The van der Waals surface area contributed by atoms with Crippen molar-refractivity contribution in [1.82, 2.24) is 4.90 Å². The van der Waals surface area contributed by atoms with E-state index in [9.17, 15) is 4.79 Å². The first-order valence-corrected chi connectivity index (χ1v) is 3.30. The quantitative estimate of drug-likeness (QED) is 0.586. The van der Waals surface area contributed by atoms with Gasteiger partial charge in [-0.05, 0) is 6.92 Å². The summed E-state index contributed by atoms with van der Waals surface area (Å²) in [5.41, 5.74) is 0. The van der Waals surface area contributed by atoms with Crippen molar-refractivity contribution in [3.8, 4) is 0 Å². The van der Waals surface area contributed by atoms with E-state index in [-0.39, 0.29) is 6.09 Å². The van der Waals surface area contributed by atoms with Gasteiger partial charge in [0.25, 0.3) is 0 Å². The van der Waals surface area contributed by atoms with Crippen LogP contribution in [-0.4, -0.2) is 41.9 Å². The summed E-state index contributed by atoms with van der Waals surface area (Å²) in [5.74, 6) is 0. The Bertz CT molecular complexity index is 135. The fourth-order valence-electron chi connectivity index (χ4n) is 0.910. The monoisotopic (exact) mass is 145 g/mol. The summed E-state index contributed by atoms with van der Waals surface area (Å²) in [4.78, 5) is 12.2. The molecular weight excluding hydrogens is 134 g/mol. The van der Waals surface area contributed by atoms with Crippen LogP contribution < -0.4 is 0 Å². The van der Waals surface area contributed by atoms with E-state index in [4.69, 9.17) is 5.11 Å². The number of aliphatic hydroxyl groups is 1. The second-order valence-electron chi connectivity index (χ2n) is 2.41. The molecular formula is C6H11NO3. The molecule has 1 aliphatic rings. The molecule has 0 radical (unpaired) electrons. The molecule has 1 rings (SSSR count). The zero-order valence-corrected chi connectivity index (χ0v) is 5.91. The van der Waals surface area contributed by atoms with Gasteiger partial charge in [0.2, 0.25) is 0 Å². The number of nitrogens with zero attached hydrogens (tertiary/aromatic N) is 1. The second kappa shape index (κ2) is 2.88. The first-order chi connectivity index (χ1) is 4.70. The van der Waals surface area contributed by atoms with E-state index >= 15 is 0 Å². The number of ether oxygens (including phenoxy) is 1. The zero-order valence-electron chi connectivity index (χ0n) is 5.91. The van der Waals surface area contributed by atoms with Crippen LogP contribution in [0.4, 0.5) is 4.79 Å². The molecule has 0 aromatic carbocycles. The molecule has 1 amide bonds. The third-order valence-corrected chi connectivity index (χ3v) is 1.33. The summed E-state index contributed by atoms with van der Waals surface area (Å²) in [7, 11) is 0. The van der Waals surface area contributed by atoms with Gasteiger partial charge >= 0.3 is 6.09 Å². The molecule has 0 unspecified atom stereocenters. The van der Waals surface area contributed by atoms with Crippen LogP contribution in [0, 0.1) is 0 Å². The fourth-order valence-corrected chi connectivity index (χ4v) is 0.910. The Morgan fingerprint density at radius 1 is 1.90 bits per heavy atom. The minimum Gasteiger partial charge on any atom is -0.448 e. The summed E-state index contributed by atoms with van der Waals surface area (Å²) in [6, 6.07) is 0. The van der Waals surface area contributed by atoms with Crippen LogP contribution in [-0.2, 0) is 4.74 Å². The van der Waals surface area contributed by atoms with Crippen molar-refractivity contribution in [2.75, 3.05) is 19.7 Å². The van der Waals surface area contributed by atoms with Crippen LogP contribution in [0.3, 0.4) is 0 Å². The highest BCUT2D eigenvalue weighted by Crippen LogP contribution is 2.03. The average Bonchev–Trinajstić information content (AvgIpc) is 2.15. The summed E-state index contributed by atoms with van der Waals surface area (Å²) in [6.07, 6.45) is -0.786. The van der Waals surface area contributed by atoms with Crippen molar-refractivity contribution in [2.45, 2.75) is 13.0 Å². The summed E-state index contributed by atoms with van der Waals surface area (Å²) >= 11 is 0. The van der Waals surface area contributed by atoms with Gasteiger partial charge in [-0.25, -0.2) is 4.79 Å². The standard InChI is InChI=1S/C6H11NO3/c1-5(8)4-7-2-3-10-6(7)9/h5,8H,2-4H2,1H3/t5-/m0/s1. The molecule has 58 valence electrons. The lowest BCUT2D eigenvalue weighted by atomic mass is 10.4. The van der Waals surface area contributed by atoms with Crippen molar-refractivity contribution in [1.29, 1.82) is 0 Å². The van der Waals surface area contributed by atoms with E-state index in [1.54, 1.807) is 6.92 Å². The molecule has 1 fully saturated rings. The lowest BCUT2D eigenvalue weighted by molar-refractivity contribution is 0.127.